The van der Waals surface area contributed by atoms with Crippen molar-refractivity contribution < 1.29 is 14.3 Å². The number of rotatable bonds is 7. The number of hydrogen-bond donors (Lipinski definition) is 2. The maximum atomic E-state index is 12.9. The van der Waals surface area contributed by atoms with Crippen molar-refractivity contribution in [3.05, 3.63) is 35.6 Å². The van der Waals surface area contributed by atoms with Gasteiger partial charge >= 0.3 is 5.97 Å². The van der Waals surface area contributed by atoms with Crippen molar-refractivity contribution in [1.29, 1.82) is 0 Å². The average Bonchev–Trinajstić information content (AvgIpc) is 2.34. The molecule has 3 nitrogen and oxygen atoms in total. The molecular weight excluding hydrogens is 245 g/mol. The standard InChI is InChI=1S/C15H22FNO2/c1-11(14(18)19)8-9-17-10-15(2,3)12-4-6-13(16)7-5-12/h4-7,11,17H,8-10H2,1-3H3,(H,18,19). The first-order chi connectivity index (χ1) is 8.83. The first-order valence-electron chi connectivity index (χ1n) is 6.52. The van der Waals surface area contributed by atoms with Gasteiger partial charge in [-0.2, -0.15) is 0 Å². The summed E-state index contributed by atoms with van der Waals surface area (Å²) in [5.41, 5.74) is 0.952. The molecule has 0 aliphatic carbocycles. The topological polar surface area (TPSA) is 49.3 Å². The lowest BCUT2D eigenvalue weighted by Gasteiger charge is -2.26. The van der Waals surface area contributed by atoms with Crippen LogP contribution in [0.1, 0.15) is 32.8 Å². The molecule has 0 spiro atoms. The van der Waals surface area contributed by atoms with E-state index < -0.39 is 5.97 Å². The molecule has 1 atom stereocenters. The van der Waals surface area contributed by atoms with Gasteiger partial charge in [0.15, 0.2) is 0 Å². The van der Waals surface area contributed by atoms with Crippen LogP contribution in [-0.2, 0) is 10.2 Å². The Morgan fingerprint density at radius 1 is 1.37 bits per heavy atom. The van der Waals surface area contributed by atoms with Crippen LogP contribution in [0.15, 0.2) is 24.3 Å². The first kappa shape index (κ1) is 15.6. The molecule has 0 saturated carbocycles. The molecule has 1 aromatic carbocycles. The lowest BCUT2D eigenvalue weighted by Crippen LogP contribution is -2.34. The van der Waals surface area contributed by atoms with Gasteiger partial charge in [-0.1, -0.05) is 32.9 Å². The fourth-order valence-corrected chi connectivity index (χ4v) is 1.85. The lowest BCUT2D eigenvalue weighted by molar-refractivity contribution is -0.141. The van der Waals surface area contributed by atoms with Crippen LogP contribution in [0.2, 0.25) is 0 Å². The average molecular weight is 267 g/mol. The third kappa shape index (κ3) is 4.99. The Morgan fingerprint density at radius 3 is 2.47 bits per heavy atom. The summed E-state index contributed by atoms with van der Waals surface area (Å²) in [5.74, 6) is -1.33. The molecule has 1 unspecified atom stereocenters. The minimum absolute atomic E-state index is 0.111. The molecule has 1 rings (SSSR count). The predicted molar refractivity (Wildman–Crippen MR) is 73.7 cm³/mol. The zero-order valence-corrected chi connectivity index (χ0v) is 11.7. The number of carbonyl (C=O) groups is 1. The summed E-state index contributed by atoms with van der Waals surface area (Å²) in [6, 6.07) is 6.50. The van der Waals surface area contributed by atoms with Gasteiger partial charge in [0, 0.05) is 12.0 Å². The van der Waals surface area contributed by atoms with Crippen LogP contribution in [0.5, 0.6) is 0 Å². The second-order valence-corrected chi connectivity index (χ2v) is 5.60. The molecule has 2 N–H and O–H groups in total. The van der Waals surface area contributed by atoms with Crippen LogP contribution in [0.25, 0.3) is 0 Å². The normalized spacial score (nSPS) is 13.3. The van der Waals surface area contributed by atoms with Gasteiger partial charge in [-0.3, -0.25) is 4.79 Å². The van der Waals surface area contributed by atoms with Crippen LogP contribution in [0.4, 0.5) is 4.39 Å². The number of benzene rings is 1. The number of hydrogen-bond acceptors (Lipinski definition) is 2. The third-order valence-electron chi connectivity index (χ3n) is 3.37. The zero-order chi connectivity index (χ0) is 14.5. The molecule has 0 amide bonds. The van der Waals surface area contributed by atoms with Crippen molar-refractivity contribution in [2.75, 3.05) is 13.1 Å². The highest BCUT2D eigenvalue weighted by molar-refractivity contribution is 5.69. The van der Waals surface area contributed by atoms with Crippen molar-refractivity contribution in [3.63, 3.8) is 0 Å². The van der Waals surface area contributed by atoms with Crippen molar-refractivity contribution >= 4 is 5.97 Å². The number of carboxylic acids is 1. The summed E-state index contributed by atoms with van der Waals surface area (Å²) in [6.45, 7) is 7.25. The van der Waals surface area contributed by atoms with E-state index in [1.165, 1.54) is 12.1 Å². The Morgan fingerprint density at radius 2 is 1.95 bits per heavy atom. The highest BCUT2D eigenvalue weighted by Crippen LogP contribution is 2.22. The van der Waals surface area contributed by atoms with Crippen molar-refractivity contribution in [3.8, 4) is 0 Å². The van der Waals surface area contributed by atoms with E-state index in [-0.39, 0.29) is 17.2 Å². The maximum absolute atomic E-state index is 12.9. The van der Waals surface area contributed by atoms with Gasteiger partial charge in [0.1, 0.15) is 5.82 Å². The van der Waals surface area contributed by atoms with Crippen molar-refractivity contribution in [2.45, 2.75) is 32.6 Å². The van der Waals surface area contributed by atoms with Crippen LogP contribution in [0.3, 0.4) is 0 Å². The number of aliphatic carboxylic acids is 1. The van der Waals surface area contributed by atoms with Gasteiger partial charge in [0.25, 0.3) is 0 Å². The SMILES string of the molecule is CC(CCNCC(C)(C)c1ccc(F)cc1)C(=O)O. The van der Waals surface area contributed by atoms with E-state index in [9.17, 15) is 9.18 Å². The van der Waals surface area contributed by atoms with E-state index in [0.717, 1.165) is 12.1 Å². The number of nitrogens with one attached hydrogen (secondary N) is 1. The van der Waals surface area contributed by atoms with E-state index >= 15 is 0 Å². The summed E-state index contributed by atoms with van der Waals surface area (Å²) in [6.07, 6.45) is 0.606. The number of carboxylic acid groups (broad SMARTS) is 1. The quantitative estimate of drug-likeness (QED) is 0.747. The Balaban J connectivity index is 2.43. The highest BCUT2D eigenvalue weighted by Gasteiger charge is 2.20. The first-order valence-corrected chi connectivity index (χ1v) is 6.52. The molecule has 0 aliphatic heterocycles. The van der Waals surface area contributed by atoms with Gasteiger partial charge in [0.05, 0.1) is 5.92 Å². The smallest absolute Gasteiger partial charge is 0.306 e. The minimum atomic E-state index is -0.764. The molecule has 1 aromatic rings. The summed E-state index contributed by atoms with van der Waals surface area (Å²) < 4.78 is 12.9. The van der Waals surface area contributed by atoms with Gasteiger partial charge < -0.3 is 10.4 Å². The fourth-order valence-electron chi connectivity index (χ4n) is 1.85. The fraction of sp³-hybridized carbons (Fsp3) is 0.533. The Kier molecular flexibility index (Phi) is 5.48. The lowest BCUT2D eigenvalue weighted by atomic mass is 9.84. The molecule has 0 radical (unpaired) electrons. The van der Waals surface area contributed by atoms with Crippen LogP contribution in [0, 0.1) is 11.7 Å². The highest BCUT2D eigenvalue weighted by atomic mass is 19.1. The van der Waals surface area contributed by atoms with Crippen LogP contribution >= 0.6 is 0 Å². The molecule has 106 valence electrons. The molecular formula is C15H22FNO2. The summed E-state index contributed by atoms with van der Waals surface area (Å²) >= 11 is 0. The van der Waals surface area contributed by atoms with Gasteiger partial charge in [0.2, 0.25) is 0 Å². The largest absolute Gasteiger partial charge is 0.481 e. The molecule has 0 fully saturated rings. The van der Waals surface area contributed by atoms with E-state index in [1.54, 1.807) is 19.1 Å². The minimum Gasteiger partial charge on any atom is -0.481 e. The maximum Gasteiger partial charge on any atom is 0.306 e. The van der Waals surface area contributed by atoms with Crippen molar-refractivity contribution in [2.24, 2.45) is 5.92 Å². The van der Waals surface area contributed by atoms with E-state index in [0.29, 0.717) is 13.0 Å². The molecule has 0 aliphatic rings. The molecule has 19 heavy (non-hydrogen) atoms. The van der Waals surface area contributed by atoms with E-state index in [4.69, 9.17) is 5.11 Å². The third-order valence-corrected chi connectivity index (χ3v) is 3.37. The Bertz CT molecular complexity index is 415. The second kappa shape index (κ2) is 6.66. The molecule has 4 heteroatoms. The summed E-state index contributed by atoms with van der Waals surface area (Å²) in [4.78, 5) is 10.7. The Labute approximate surface area is 113 Å². The van der Waals surface area contributed by atoms with E-state index in [1.807, 2.05) is 0 Å². The van der Waals surface area contributed by atoms with Gasteiger partial charge in [-0.25, -0.2) is 4.39 Å². The van der Waals surface area contributed by atoms with Crippen molar-refractivity contribution in [1.82, 2.24) is 5.32 Å². The monoisotopic (exact) mass is 267 g/mol. The van der Waals surface area contributed by atoms with Crippen LogP contribution < -0.4 is 5.32 Å². The van der Waals surface area contributed by atoms with Gasteiger partial charge in [-0.15, -0.1) is 0 Å². The van der Waals surface area contributed by atoms with E-state index in [2.05, 4.69) is 19.2 Å². The summed E-state index contributed by atoms with van der Waals surface area (Å²) in [5, 5.41) is 12.0. The summed E-state index contributed by atoms with van der Waals surface area (Å²) in [7, 11) is 0. The predicted octanol–water partition coefficient (Wildman–Crippen LogP) is 2.80. The molecule has 0 aromatic heterocycles. The van der Waals surface area contributed by atoms with Gasteiger partial charge in [-0.05, 0) is 30.7 Å². The second-order valence-electron chi connectivity index (χ2n) is 5.60. The molecule has 0 heterocycles. The zero-order valence-electron chi connectivity index (χ0n) is 11.7. The Hall–Kier alpha value is -1.42. The van der Waals surface area contributed by atoms with Crippen LogP contribution in [-0.4, -0.2) is 24.2 Å². The number of halogens is 1. The molecule has 0 bridgehead atoms. The molecule has 0 saturated heterocycles.